The van der Waals surface area contributed by atoms with Gasteiger partial charge >= 0.3 is 0 Å². The highest BCUT2D eigenvalue weighted by Gasteiger charge is 2.58. The van der Waals surface area contributed by atoms with Gasteiger partial charge in [-0.05, 0) is 18.1 Å². The fraction of sp³-hybridized carbons (Fsp3) is 0.300. The molecule has 1 N–H and O–H groups in total. The summed E-state index contributed by atoms with van der Waals surface area (Å²) in [7, 11) is 0. The molecule has 2 fully saturated rings. The van der Waals surface area contributed by atoms with Crippen molar-refractivity contribution in [3.05, 3.63) is 75.8 Å². The zero-order chi connectivity index (χ0) is 19.8. The van der Waals surface area contributed by atoms with Gasteiger partial charge < -0.3 is 0 Å². The van der Waals surface area contributed by atoms with E-state index < -0.39 is 22.9 Å². The molecule has 2 aromatic rings. The van der Waals surface area contributed by atoms with Gasteiger partial charge in [-0.15, -0.1) is 0 Å². The number of hydrazine groups is 1. The summed E-state index contributed by atoms with van der Waals surface area (Å²) in [6, 6.07) is 14.8. The number of nitro groups is 1. The van der Waals surface area contributed by atoms with Crippen LogP contribution in [-0.4, -0.2) is 39.2 Å². The number of non-ortho nitro benzene ring substituents is 1. The summed E-state index contributed by atoms with van der Waals surface area (Å²) in [6.45, 7) is 2.59. The first kappa shape index (κ1) is 18.3. The number of nitrogens with zero attached hydrogens (tertiary/aromatic N) is 3. The number of carbonyl (C=O) groups excluding carboxylic acids is 2. The topological polar surface area (TPSA) is 95.8 Å². The van der Waals surface area contributed by atoms with Crippen LogP contribution in [0.4, 0.5) is 5.69 Å². The Hall–Kier alpha value is -3.10. The molecule has 0 unspecified atom stereocenters. The van der Waals surface area contributed by atoms with Crippen molar-refractivity contribution in [3.8, 4) is 0 Å². The van der Waals surface area contributed by atoms with E-state index in [4.69, 9.17) is 0 Å². The Bertz CT molecular complexity index is 916. The number of amides is 2. The van der Waals surface area contributed by atoms with Crippen LogP contribution in [0.2, 0.25) is 0 Å². The number of hydrogen-bond donors (Lipinski definition) is 1. The molecule has 8 heteroatoms. The van der Waals surface area contributed by atoms with Gasteiger partial charge in [0.15, 0.2) is 0 Å². The Labute approximate surface area is 161 Å². The zero-order valence-electron chi connectivity index (χ0n) is 15.3. The molecule has 2 saturated heterocycles. The minimum Gasteiger partial charge on any atom is -0.281 e. The van der Waals surface area contributed by atoms with Crippen molar-refractivity contribution in [3.63, 3.8) is 0 Å². The lowest BCUT2D eigenvalue weighted by molar-refractivity contribution is -0.384. The Morgan fingerprint density at radius 3 is 2.32 bits per heavy atom. The molecule has 2 aromatic carbocycles. The Kier molecular flexibility index (Phi) is 4.66. The average molecular weight is 380 g/mol. The summed E-state index contributed by atoms with van der Waals surface area (Å²) in [5.41, 5.74) is 5.06. The predicted octanol–water partition coefficient (Wildman–Crippen LogP) is 2.03. The van der Waals surface area contributed by atoms with E-state index in [1.807, 2.05) is 35.3 Å². The van der Waals surface area contributed by atoms with Gasteiger partial charge in [-0.2, -0.15) is 0 Å². The van der Waals surface area contributed by atoms with Crippen LogP contribution in [0.3, 0.4) is 0 Å². The van der Waals surface area contributed by atoms with E-state index in [2.05, 4.69) is 5.43 Å². The van der Waals surface area contributed by atoms with Gasteiger partial charge in [0.25, 0.3) is 5.69 Å². The maximum absolute atomic E-state index is 12.9. The van der Waals surface area contributed by atoms with Gasteiger partial charge in [0, 0.05) is 25.2 Å². The SMILES string of the molecule is CCN1C(=O)[C@@H]2[C@@H](c3ccc([N+](=O)[O-])cc3)NN(Cc3ccccc3)[C@@H]2C1=O. The Morgan fingerprint density at radius 2 is 1.71 bits per heavy atom. The van der Waals surface area contributed by atoms with Crippen molar-refractivity contribution in [1.82, 2.24) is 15.3 Å². The molecule has 2 aliphatic rings. The number of fused-ring (bicyclic) bond motifs is 1. The van der Waals surface area contributed by atoms with E-state index >= 15 is 0 Å². The van der Waals surface area contributed by atoms with E-state index in [1.54, 1.807) is 19.1 Å². The molecule has 2 heterocycles. The summed E-state index contributed by atoms with van der Waals surface area (Å²) >= 11 is 0. The second-order valence-corrected chi connectivity index (χ2v) is 6.96. The van der Waals surface area contributed by atoms with Crippen molar-refractivity contribution in [2.75, 3.05) is 6.54 Å². The summed E-state index contributed by atoms with van der Waals surface area (Å²) in [5, 5.41) is 12.7. The number of nitro benzene ring substituents is 1. The summed E-state index contributed by atoms with van der Waals surface area (Å²) < 4.78 is 0. The smallest absolute Gasteiger partial charge is 0.269 e. The third kappa shape index (κ3) is 2.96. The van der Waals surface area contributed by atoms with Crippen LogP contribution in [-0.2, 0) is 16.1 Å². The molecule has 2 aliphatic heterocycles. The number of imide groups is 1. The van der Waals surface area contributed by atoms with Crippen molar-refractivity contribution in [2.45, 2.75) is 25.6 Å². The Balaban J connectivity index is 1.68. The van der Waals surface area contributed by atoms with Crippen LogP contribution in [0.25, 0.3) is 0 Å². The van der Waals surface area contributed by atoms with E-state index in [9.17, 15) is 19.7 Å². The third-order valence-corrected chi connectivity index (χ3v) is 5.39. The first-order valence-electron chi connectivity index (χ1n) is 9.17. The first-order chi connectivity index (χ1) is 13.5. The minimum atomic E-state index is -0.590. The molecular formula is C20H20N4O4. The van der Waals surface area contributed by atoms with Crippen LogP contribution in [0, 0.1) is 16.0 Å². The van der Waals surface area contributed by atoms with Gasteiger partial charge in [0.05, 0.1) is 16.9 Å². The minimum absolute atomic E-state index is 0.0107. The van der Waals surface area contributed by atoms with Crippen molar-refractivity contribution in [2.24, 2.45) is 5.92 Å². The molecule has 4 rings (SSSR count). The highest BCUT2D eigenvalue weighted by atomic mass is 16.6. The third-order valence-electron chi connectivity index (χ3n) is 5.39. The quantitative estimate of drug-likeness (QED) is 0.484. The molecule has 0 spiro atoms. The molecular weight excluding hydrogens is 360 g/mol. The Morgan fingerprint density at radius 1 is 1.04 bits per heavy atom. The van der Waals surface area contributed by atoms with E-state index in [0.717, 1.165) is 11.1 Å². The fourth-order valence-corrected chi connectivity index (χ4v) is 4.05. The molecule has 8 nitrogen and oxygen atoms in total. The largest absolute Gasteiger partial charge is 0.281 e. The fourth-order valence-electron chi connectivity index (χ4n) is 4.05. The number of carbonyl (C=O) groups is 2. The molecule has 144 valence electrons. The molecule has 0 bridgehead atoms. The first-order valence-corrected chi connectivity index (χ1v) is 9.17. The van der Waals surface area contributed by atoms with Gasteiger partial charge in [-0.3, -0.25) is 24.6 Å². The van der Waals surface area contributed by atoms with Gasteiger partial charge in [-0.1, -0.05) is 42.5 Å². The van der Waals surface area contributed by atoms with Gasteiger partial charge in [0.1, 0.15) is 6.04 Å². The highest BCUT2D eigenvalue weighted by molar-refractivity contribution is 6.07. The van der Waals surface area contributed by atoms with Crippen LogP contribution in [0.5, 0.6) is 0 Å². The molecule has 28 heavy (non-hydrogen) atoms. The van der Waals surface area contributed by atoms with Crippen LogP contribution in [0.15, 0.2) is 54.6 Å². The second-order valence-electron chi connectivity index (χ2n) is 6.96. The molecule has 2 amide bonds. The standard InChI is InChI=1S/C20H20N4O4/c1-2-22-19(25)16-17(14-8-10-15(11-9-14)24(27)28)21-23(18(16)20(22)26)12-13-6-4-3-5-7-13/h3-11,16-18,21H,2,12H2,1H3/t16-,17-,18+/m1/s1. The molecule has 3 atom stereocenters. The van der Waals surface area contributed by atoms with E-state index in [-0.39, 0.29) is 17.5 Å². The van der Waals surface area contributed by atoms with Crippen molar-refractivity contribution < 1.29 is 14.5 Å². The normalized spacial score (nSPS) is 24.6. The lowest BCUT2D eigenvalue weighted by Crippen LogP contribution is -2.44. The average Bonchev–Trinajstić information content (AvgIpc) is 3.19. The van der Waals surface area contributed by atoms with Crippen LogP contribution >= 0.6 is 0 Å². The van der Waals surface area contributed by atoms with E-state index in [0.29, 0.717) is 13.1 Å². The van der Waals surface area contributed by atoms with Gasteiger partial charge in [-0.25, -0.2) is 10.4 Å². The van der Waals surface area contributed by atoms with Crippen LogP contribution in [0.1, 0.15) is 24.1 Å². The van der Waals surface area contributed by atoms with E-state index in [1.165, 1.54) is 17.0 Å². The maximum atomic E-state index is 12.9. The number of hydrogen-bond acceptors (Lipinski definition) is 6. The summed E-state index contributed by atoms with van der Waals surface area (Å²) in [5.74, 6) is -0.966. The molecule has 0 aliphatic carbocycles. The predicted molar refractivity (Wildman–Crippen MR) is 101 cm³/mol. The number of likely N-dealkylation sites (N-methyl/N-ethyl adjacent to an activating group) is 1. The van der Waals surface area contributed by atoms with Crippen molar-refractivity contribution >= 4 is 17.5 Å². The lowest BCUT2D eigenvalue weighted by Gasteiger charge is -2.24. The second kappa shape index (κ2) is 7.14. The zero-order valence-corrected chi connectivity index (χ0v) is 15.3. The summed E-state index contributed by atoms with van der Waals surface area (Å²) in [6.07, 6.45) is 0. The van der Waals surface area contributed by atoms with Crippen LogP contribution < -0.4 is 5.43 Å². The highest BCUT2D eigenvalue weighted by Crippen LogP contribution is 2.40. The molecule has 0 saturated carbocycles. The number of likely N-dealkylation sites (tertiary alicyclic amines) is 1. The van der Waals surface area contributed by atoms with Gasteiger partial charge in [0.2, 0.25) is 11.8 Å². The molecule has 0 aromatic heterocycles. The lowest BCUT2D eigenvalue weighted by atomic mass is 9.91. The summed E-state index contributed by atoms with van der Waals surface area (Å²) in [4.78, 5) is 37.6. The molecule has 0 radical (unpaired) electrons. The maximum Gasteiger partial charge on any atom is 0.269 e. The number of benzene rings is 2. The monoisotopic (exact) mass is 380 g/mol. The van der Waals surface area contributed by atoms with Crippen molar-refractivity contribution in [1.29, 1.82) is 0 Å². The number of nitrogens with one attached hydrogen (secondary N) is 1. The number of rotatable bonds is 5.